The van der Waals surface area contributed by atoms with Crippen molar-refractivity contribution in [2.75, 3.05) is 33.4 Å². The maximum absolute atomic E-state index is 13.7. The van der Waals surface area contributed by atoms with Gasteiger partial charge in [0.1, 0.15) is 11.9 Å². The second kappa shape index (κ2) is 13.6. The Balaban J connectivity index is 1.51. The Morgan fingerprint density at radius 1 is 1.10 bits per heavy atom. The van der Waals surface area contributed by atoms with Gasteiger partial charge in [0, 0.05) is 19.0 Å². The minimum Gasteiger partial charge on any atom is -0.497 e. The molecule has 2 aliphatic heterocycles. The molecule has 0 aliphatic carbocycles. The van der Waals surface area contributed by atoms with Gasteiger partial charge in [-0.15, -0.1) is 0 Å². The van der Waals surface area contributed by atoms with Gasteiger partial charge in [-0.3, -0.25) is 4.79 Å². The molecular weight excluding hydrogens is 546 g/mol. The lowest BCUT2D eigenvalue weighted by atomic mass is 9.90. The first-order valence-corrected chi connectivity index (χ1v) is 15.9. The molecule has 5 atom stereocenters. The third-order valence-corrected chi connectivity index (χ3v) is 9.87. The number of hydrogen-bond donors (Lipinski definition) is 1. The largest absolute Gasteiger partial charge is 0.497 e. The van der Waals surface area contributed by atoms with E-state index in [2.05, 4.69) is 0 Å². The van der Waals surface area contributed by atoms with Crippen molar-refractivity contribution in [2.45, 2.75) is 69.3 Å². The molecule has 41 heavy (non-hydrogen) atoms. The summed E-state index contributed by atoms with van der Waals surface area (Å²) in [6.07, 6.45) is 0.246. The lowest BCUT2D eigenvalue weighted by Crippen LogP contribution is -2.43. The molecule has 2 heterocycles. The van der Waals surface area contributed by atoms with Gasteiger partial charge in [0.05, 0.1) is 43.7 Å². The summed E-state index contributed by atoms with van der Waals surface area (Å²) >= 11 is 0. The fourth-order valence-corrected chi connectivity index (χ4v) is 7.47. The number of aliphatic hydroxyl groups is 1. The Kier molecular flexibility index (Phi) is 10.5. The molecule has 9 nitrogen and oxygen atoms in total. The number of carbonyl (C=O) groups excluding carboxylic acids is 1. The molecule has 0 saturated carbocycles. The summed E-state index contributed by atoms with van der Waals surface area (Å²) < 4.78 is 51.5. The Labute approximate surface area is 243 Å². The Morgan fingerprint density at radius 2 is 1.80 bits per heavy atom. The summed E-state index contributed by atoms with van der Waals surface area (Å²) in [6, 6.07) is 15.8. The van der Waals surface area contributed by atoms with E-state index in [1.165, 1.54) is 23.5 Å². The molecule has 0 aromatic heterocycles. The number of benzene rings is 2. The molecule has 0 spiro atoms. The zero-order chi connectivity index (χ0) is 29.6. The summed E-state index contributed by atoms with van der Waals surface area (Å²) in [5.74, 6) is -1.16. The number of rotatable bonds is 14. The predicted molar refractivity (Wildman–Crippen MR) is 154 cm³/mol. The zero-order valence-electron chi connectivity index (χ0n) is 24.4. The van der Waals surface area contributed by atoms with Crippen LogP contribution in [0.2, 0.25) is 0 Å². The maximum Gasteiger partial charge on any atom is 0.306 e. The van der Waals surface area contributed by atoms with E-state index in [0.29, 0.717) is 25.2 Å². The average molecular weight is 590 g/mol. The quantitative estimate of drug-likeness (QED) is 0.329. The number of aliphatic hydroxyl groups excluding tert-OH is 1. The molecule has 0 amide bonds. The van der Waals surface area contributed by atoms with Crippen LogP contribution >= 0.6 is 0 Å². The number of esters is 1. The van der Waals surface area contributed by atoms with Gasteiger partial charge in [0.15, 0.2) is 5.79 Å². The highest BCUT2D eigenvalue weighted by atomic mass is 32.2. The van der Waals surface area contributed by atoms with Crippen LogP contribution in [-0.4, -0.2) is 75.2 Å². The van der Waals surface area contributed by atoms with E-state index in [1.807, 2.05) is 51.1 Å². The fourth-order valence-electron chi connectivity index (χ4n) is 5.85. The highest BCUT2D eigenvalue weighted by Gasteiger charge is 2.54. The van der Waals surface area contributed by atoms with Crippen molar-refractivity contribution in [2.24, 2.45) is 17.8 Å². The van der Waals surface area contributed by atoms with Crippen molar-refractivity contribution < 1.29 is 37.3 Å². The summed E-state index contributed by atoms with van der Waals surface area (Å²) in [5, 5.41) is 11.5. The lowest BCUT2D eigenvalue weighted by molar-refractivity contribution is -0.197. The molecule has 0 unspecified atom stereocenters. The van der Waals surface area contributed by atoms with E-state index in [4.69, 9.17) is 18.9 Å². The molecule has 10 heteroatoms. The first-order chi connectivity index (χ1) is 19.6. The van der Waals surface area contributed by atoms with Crippen LogP contribution in [0.3, 0.4) is 0 Å². The summed E-state index contributed by atoms with van der Waals surface area (Å²) in [5.41, 5.74) is 0.941. The topological polar surface area (TPSA) is 112 Å². The molecule has 1 N–H and O–H groups in total. The molecule has 2 aromatic rings. The van der Waals surface area contributed by atoms with E-state index in [9.17, 15) is 18.3 Å². The number of carbonyl (C=O) groups is 1. The van der Waals surface area contributed by atoms with Gasteiger partial charge in [0.2, 0.25) is 10.0 Å². The van der Waals surface area contributed by atoms with Crippen molar-refractivity contribution >= 4 is 16.0 Å². The number of ether oxygens (including phenoxy) is 4. The Bertz CT molecular complexity index is 1240. The van der Waals surface area contributed by atoms with Crippen molar-refractivity contribution in [1.29, 1.82) is 0 Å². The smallest absolute Gasteiger partial charge is 0.306 e. The van der Waals surface area contributed by atoms with E-state index < -0.39 is 39.9 Å². The Morgan fingerprint density at radius 3 is 2.44 bits per heavy atom. The molecule has 2 saturated heterocycles. The van der Waals surface area contributed by atoms with Crippen LogP contribution in [0.25, 0.3) is 0 Å². The highest BCUT2D eigenvalue weighted by molar-refractivity contribution is 7.89. The fraction of sp³-hybridized carbons (Fsp3) is 0.581. The van der Waals surface area contributed by atoms with Crippen LogP contribution in [0.1, 0.15) is 45.6 Å². The SMILES string of the molecule is CC[C@]12OCC[C@H]1[C@@H](OC(=O)C[C@@H](Cc1ccccc1)[C@H](O)CN(CC(C)C)S(=O)(=O)c1ccc(OC)cc1)CO2. The van der Waals surface area contributed by atoms with Crippen LogP contribution in [0.4, 0.5) is 0 Å². The summed E-state index contributed by atoms with van der Waals surface area (Å²) in [6.45, 7) is 6.75. The molecule has 2 aliphatic rings. The minimum absolute atomic E-state index is 0.0163. The summed E-state index contributed by atoms with van der Waals surface area (Å²) in [7, 11) is -2.40. The maximum atomic E-state index is 13.7. The molecule has 4 rings (SSSR count). The monoisotopic (exact) mass is 589 g/mol. The molecular formula is C31H43NO8S. The summed E-state index contributed by atoms with van der Waals surface area (Å²) in [4.78, 5) is 13.4. The number of fused-ring (bicyclic) bond motifs is 1. The molecule has 226 valence electrons. The van der Waals surface area contributed by atoms with Gasteiger partial charge >= 0.3 is 5.97 Å². The van der Waals surface area contributed by atoms with Crippen molar-refractivity contribution in [1.82, 2.24) is 4.31 Å². The van der Waals surface area contributed by atoms with E-state index in [1.54, 1.807) is 12.1 Å². The Hall–Kier alpha value is -2.50. The second-order valence-electron chi connectivity index (χ2n) is 11.4. The van der Waals surface area contributed by atoms with Gasteiger partial charge in [0.25, 0.3) is 0 Å². The molecule has 2 fully saturated rings. The second-order valence-corrected chi connectivity index (χ2v) is 13.3. The molecule has 0 bridgehead atoms. The average Bonchev–Trinajstić information content (AvgIpc) is 3.53. The van der Waals surface area contributed by atoms with Crippen LogP contribution in [-0.2, 0) is 35.4 Å². The van der Waals surface area contributed by atoms with Gasteiger partial charge in [-0.05, 0) is 55.0 Å². The standard InChI is InChI=1S/C31H43NO8S/c1-5-31-27(15-16-38-31)29(21-39-31)40-30(34)18-24(17-23-9-7-6-8-10-23)28(33)20-32(19-22(2)3)41(35,36)26-13-11-25(37-4)12-14-26/h6-14,22,24,27-29,33H,5,15-21H2,1-4H3/t24-,27+,28-,29+,31-/m1/s1. The van der Waals surface area contributed by atoms with Crippen LogP contribution in [0.5, 0.6) is 5.75 Å². The zero-order valence-corrected chi connectivity index (χ0v) is 25.2. The predicted octanol–water partition coefficient (Wildman–Crippen LogP) is 4.04. The number of methoxy groups -OCH3 is 1. The van der Waals surface area contributed by atoms with Crippen LogP contribution in [0, 0.1) is 17.8 Å². The molecule has 2 aromatic carbocycles. The van der Waals surface area contributed by atoms with Gasteiger partial charge in [-0.25, -0.2) is 8.42 Å². The van der Waals surface area contributed by atoms with Gasteiger partial charge < -0.3 is 24.1 Å². The van der Waals surface area contributed by atoms with E-state index in [0.717, 1.165) is 12.0 Å². The normalized spacial score (nSPS) is 23.9. The number of nitrogens with zero attached hydrogens (tertiary/aromatic N) is 1. The van der Waals surface area contributed by atoms with Crippen molar-refractivity contribution in [3.05, 3.63) is 60.2 Å². The minimum atomic E-state index is -3.92. The third kappa shape index (κ3) is 7.48. The highest BCUT2D eigenvalue weighted by Crippen LogP contribution is 2.44. The van der Waals surface area contributed by atoms with E-state index >= 15 is 0 Å². The van der Waals surface area contributed by atoms with Gasteiger partial charge in [-0.2, -0.15) is 4.31 Å². The third-order valence-electron chi connectivity index (χ3n) is 8.03. The molecule has 0 radical (unpaired) electrons. The first kappa shape index (κ1) is 31.4. The van der Waals surface area contributed by atoms with Gasteiger partial charge in [-0.1, -0.05) is 51.1 Å². The lowest BCUT2D eigenvalue weighted by Gasteiger charge is -2.30. The number of sulfonamides is 1. The van der Waals surface area contributed by atoms with Crippen LogP contribution in [0.15, 0.2) is 59.5 Å². The van der Waals surface area contributed by atoms with E-state index in [-0.39, 0.29) is 42.8 Å². The van der Waals surface area contributed by atoms with Crippen molar-refractivity contribution in [3.8, 4) is 5.75 Å². The van der Waals surface area contributed by atoms with Crippen molar-refractivity contribution in [3.63, 3.8) is 0 Å². The first-order valence-electron chi connectivity index (χ1n) is 14.4. The number of hydrogen-bond acceptors (Lipinski definition) is 8. The van der Waals surface area contributed by atoms with Crippen LogP contribution < -0.4 is 4.74 Å².